The molecule has 4 nitrogen and oxygen atoms in total. The van der Waals surface area contributed by atoms with Crippen LogP contribution in [0.5, 0.6) is 0 Å². The van der Waals surface area contributed by atoms with Gasteiger partial charge in [-0.2, -0.15) is 0 Å². The molecule has 2 aromatic heterocycles. The minimum atomic E-state index is -0.758. The number of fused-ring (bicyclic) bond motifs is 18. The van der Waals surface area contributed by atoms with Crippen LogP contribution in [0.3, 0.4) is 0 Å². The van der Waals surface area contributed by atoms with Crippen molar-refractivity contribution in [3.63, 3.8) is 0 Å². The zero-order valence-electron chi connectivity index (χ0n) is 37.0. The Kier molecular flexibility index (Phi) is 8.74. The summed E-state index contributed by atoms with van der Waals surface area (Å²) in [4.78, 5) is 4.81. The number of rotatable bonds is 6. The van der Waals surface area contributed by atoms with E-state index in [9.17, 15) is 0 Å². The molecule has 0 unspecified atom stereocenters. The Hall–Kier alpha value is -8.60. The third-order valence-electron chi connectivity index (χ3n) is 14.4. The Balaban J connectivity index is 0.00000457. The number of benzene rings is 10. The Morgan fingerprint density at radius 1 is 0.353 bits per heavy atom. The van der Waals surface area contributed by atoms with E-state index in [1.165, 1.54) is 44.5 Å². The number of hydrogen-bond acceptors (Lipinski definition) is 4. The van der Waals surface area contributed by atoms with Crippen LogP contribution in [0, 0.1) is 13.8 Å². The van der Waals surface area contributed by atoms with Crippen LogP contribution in [0.2, 0.25) is 0 Å². The molecule has 0 N–H and O–H groups in total. The topological polar surface area (TPSA) is 32.8 Å². The Bertz CT molecular complexity index is 3890. The van der Waals surface area contributed by atoms with Crippen molar-refractivity contribution in [2.75, 3.05) is 9.80 Å². The largest absolute Gasteiger partial charge is 0.455 e. The molecule has 0 bridgehead atoms. The summed E-state index contributed by atoms with van der Waals surface area (Å²) in [6.07, 6.45) is 0. The molecular weight excluding hydrogens is 829 g/mol. The zero-order chi connectivity index (χ0) is 44.4. The summed E-state index contributed by atoms with van der Waals surface area (Å²) in [6.45, 7) is 4.29. The SMILES string of the molecule is C.Cc1ccc(N(c2ccccc2)c2cc3c(c4c2oc2ccccc24)-c2c(cc(N(c4ccccc4)c4ccc(C)cc4)c4c2oc2ccccc24)C32c3ccccc3-c3ccccc32)cc1. The molecular formula is C64H46N2O2. The van der Waals surface area contributed by atoms with E-state index < -0.39 is 5.41 Å². The molecule has 2 aliphatic carbocycles. The fourth-order valence-electron chi connectivity index (χ4n) is 11.6. The molecule has 1 spiro atoms. The Morgan fingerprint density at radius 2 is 0.765 bits per heavy atom. The highest BCUT2D eigenvalue weighted by molar-refractivity contribution is 6.26. The molecule has 10 aromatic carbocycles. The van der Waals surface area contributed by atoms with E-state index in [2.05, 4.69) is 242 Å². The summed E-state index contributed by atoms with van der Waals surface area (Å²) in [5.74, 6) is 0. The molecule has 0 fully saturated rings. The fraction of sp³-hybridized carbons (Fsp3) is 0.0625. The molecule has 0 saturated carbocycles. The number of furan rings is 2. The number of nitrogens with zero attached hydrogens (tertiary/aromatic N) is 2. The van der Waals surface area contributed by atoms with Crippen LogP contribution in [0.15, 0.2) is 227 Å². The van der Waals surface area contributed by atoms with Gasteiger partial charge in [-0.25, -0.2) is 0 Å². The first-order chi connectivity index (χ1) is 33.1. The summed E-state index contributed by atoms with van der Waals surface area (Å²) in [7, 11) is 0. The maximum atomic E-state index is 7.41. The molecule has 68 heavy (non-hydrogen) atoms. The quantitative estimate of drug-likeness (QED) is 0.167. The second-order valence-corrected chi connectivity index (χ2v) is 18.1. The van der Waals surface area contributed by atoms with Crippen LogP contribution >= 0.6 is 0 Å². The average molecular weight is 875 g/mol. The number of aryl methyl sites for hydroxylation is 2. The van der Waals surface area contributed by atoms with E-state index in [0.717, 1.165) is 89.1 Å². The normalized spacial score (nSPS) is 12.9. The van der Waals surface area contributed by atoms with Crippen molar-refractivity contribution >= 4 is 78.0 Å². The van der Waals surface area contributed by atoms with E-state index in [-0.39, 0.29) is 7.43 Å². The van der Waals surface area contributed by atoms with Crippen LogP contribution in [-0.4, -0.2) is 0 Å². The van der Waals surface area contributed by atoms with Gasteiger partial charge in [0.1, 0.15) is 16.7 Å². The van der Waals surface area contributed by atoms with Gasteiger partial charge in [0.15, 0.2) is 5.58 Å². The van der Waals surface area contributed by atoms with Crippen molar-refractivity contribution in [2.45, 2.75) is 26.7 Å². The van der Waals surface area contributed by atoms with Crippen molar-refractivity contribution in [3.05, 3.63) is 252 Å². The third-order valence-corrected chi connectivity index (χ3v) is 14.4. The molecule has 324 valence electrons. The molecule has 2 heterocycles. The molecule has 0 radical (unpaired) electrons. The highest BCUT2D eigenvalue weighted by Crippen LogP contribution is 2.68. The average Bonchev–Trinajstić information content (AvgIpc) is 4.12. The van der Waals surface area contributed by atoms with Gasteiger partial charge < -0.3 is 18.6 Å². The van der Waals surface area contributed by atoms with Crippen LogP contribution in [0.1, 0.15) is 40.8 Å². The van der Waals surface area contributed by atoms with Gasteiger partial charge in [0.25, 0.3) is 0 Å². The lowest BCUT2D eigenvalue weighted by molar-refractivity contribution is 0.668. The van der Waals surface area contributed by atoms with Gasteiger partial charge in [-0.05, 0) is 120 Å². The van der Waals surface area contributed by atoms with Crippen molar-refractivity contribution < 1.29 is 8.83 Å². The number of hydrogen-bond donors (Lipinski definition) is 0. The second-order valence-electron chi connectivity index (χ2n) is 18.1. The fourth-order valence-corrected chi connectivity index (χ4v) is 11.6. The minimum absolute atomic E-state index is 0. The van der Waals surface area contributed by atoms with Gasteiger partial charge in [-0.3, -0.25) is 0 Å². The molecule has 12 aromatic rings. The summed E-state index contributed by atoms with van der Waals surface area (Å²) in [5.41, 5.74) is 20.9. The summed E-state index contributed by atoms with van der Waals surface area (Å²) in [6, 6.07) is 79.4. The molecule has 0 atom stereocenters. The number of anilines is 6. The molecule has 0 amide bonds. The first-order valence-electron chi connectivity index (χ1n) is 23.1. The Morgan fingerprint density at radius 3 is 1.32 bits per heavy atom. The lowest BCUT2D eigenvalue weighted by Crippen LogP contribution is -2.26. The van der Waals surface area contributed by atoms with E-state index in [4.69, 9.17) is 8.83 Å². The van der Waals surface area contributed by atoms with Crippen LogP contribution in [-0.2, 0) is 5.41 Å². The smallest absolute Gasteiger partial charge is 0.160 e. The van der Waals surface area contributed by atoms with Gasteiger partial charge in [0.05, 0.1) is 22.2 Å². The van der Waals surface area contributed by atoms with Gasteiger partial charge in [0, 0.05) is 50.0 Å². The van der Waals surface area contributed by atoms with E-state index >= 15 is 0 Å². The first kappa shape index (κ1) is 39.7. The highest BCUT2D eigenvalue weighted by atomic mass is 16.3. The molecule has 2 aliphatic rings. The van der Waals surface area contributed by atoms with Crippen molar-refractivity contribution in [1.29, 1.82) is 0 Å². The van der Waals surface area contributed by atoms with Crippen molar-refractivity contribution in [3.8, 4) is 22.3 Å². The Labute approximate surface area is 395 Å². The molecule has 0 aliphatic heterocycles. The zero-order valence-corrected chi connectivity index (χ0v) is 37.0. The summed E-state index contributed by atoms with van der Waals surface area (Å²) in [5, 5.41) is 4.27. The van der Waals surface area contributed by atoms with Gasteiger partial charge >= 0.3 is 0 Å². The standard InChI is InChI=1S/C63H42N2O2.CH4/c1-39-29-33-43(34-30-39)64(41-17-5-3-6-18-41)53-37-52-60(62-57(53)47-23-11-15-27-55(47)67-62)59-51(63(52)49-25-13-9-21-45(49)46-22-10-14-26-50(46)63)38-54(61-58(59)48-24-12-16-28-56(48)66-61)65(42-19-7-4-8-20-42)44-35-31-40(2)32-36-44;/h3-38H,1-2H3;1H4. The minimum Gasteiger partial charge on any atom is -0.455 e. The maximum Gasteiger partial charge on any atom is 0.160 e. The van der Waals surface area contributed by atoms with Crippen LogP contribution in [0.25, 0.3) is 66.1 Å². The third kappa shape index (κ3) is 5.43. The lowest BCUT2D eigenvalue weighted by atomic mass is 9.70. The second kappa shape index (κ2) is 15.0. The van der Waals surface area contributed by atoms with Crippen LogP contribution in [0.4, 0.5) is 34.1 Å². The van der Waals surface area contributed by atoms with Crippen molar-refractivity contribution in [1.82, 2.24) is 0 Å². The van der Waals surface area contributed by atoms with E-state index in [0.29, 0.717) is 0 Å². The molecule has 14 rings (SSSR count). The van der Waals surface area contributed by atoms with E-state index in [1.54, 1.807) is 0 Å². The van der Waals surface area contributed by atoms with E-state index in [1.807, 2.05) is 0 Å². The van der Waals surface area contributed by atoms with Gasteiger partial charge in [-0.1, -0.05) is 164 Å². The monoisotopic (exact) mass is 874 g/mol. The van der Waals surface area contributed by atoms with Gasteiger partial charge in [0.2, 0.25) is 0 Å². The summed E-state index contributed by atoms with van der Waals surface area (Å²) < 4.78 is 14.6. The molecule has 0 saturated heterocycles. The maximum absolute atomic E-state index is 7.41. The summed E-state index contributed by atoms with van der Waals surface area (Å²) >= 11 is 0. The van der Waals surface area contributed by atoms with Crippen molar-refractivity contribution in [2.24, 2.45) is 0 Å². The number of para-hydroxylation sites is 4. The predicted octanol–water partition coefficient (Wildman–Crippen LogP) is 18.0. The highest BCUT2D eigenvalue weighted by Gasteiger charge is 2.54. The van der Waals surface area contributed by atoms with Crippen LogP contribution < -0.4 is 9.80 Å². The van der Waals surface area contributed by atoms with Gasteiger partial charge in [-0.15, -0.1) is 0 Å². The lowest BCUT2D eigenvalue weighted by Gasteiger charge is -2.33. The first-order valence-corrected chi connectivity index (χ1v) is 23.1. The molecule has 4 heteroatoms. The predicted molar refractivity (Wildman–Crippen MR) is 283 cm³/mol.